The molecule has 0 radical (unpaired) electrons. The van der Waals surface area contributed by atoms with Crippen molar-refractivity contribution < 1.29 is 4.74 Å². The van der Waals surface area contributed by atoms with Gasteiger partial charge in [0.15, 0.2) is 0 Å². The Kier molecular flexibility index (Phi) is 5.47. The first kappa shape index (κ1) is 28.6. The van der Waals surface area contributed by atoms with Crippen molar-refractivity contribution in [3.05, 3.63) is 170 Å². The molecule has 0 saturated carbocycles. The molecule has 0 bridgehead atoms. The van der Waals surface area contributed by atoms with Crippen LogP contribution in [-0.2, 0) is 0 Å². The third-order valence-electron chi connectivity index (χ3n) is 12.0. The number of aromatic nitrogens is 2. The number of rotatable bonds is 2. The summed E-state index contributed by atoms with van der Waals surface area (Å²) in [6.45, 7) is -0.142. The number of hydrogen-bond acceptors (Lipinski definition) is 4. The van der Waals surface area contributed by atoms with Gasteiger partial charge in [-0.3, -0.25) is 4.90 Å². The van der Waals surface area contributed by atoms with E-state index in [0.29, 0.717) is 0 Å². The lowest BCUT2D eigenvalue weighted by Gasteiger charge is -2.44. The predicted molar refractivity (Wildman–Crippen MR) is 224 cm³/mol. The number of ether oxygens (including phenoxy) is 1. The topological polar surface area (TPSA) is 33.5 Å². The van der Waals surface area contributed by atoms with Crippen molar-refractivity contribution in [2.75, 3.05) is 9.80 Å². The van der Waals surface area contributed by atoms with Gasteiger partial charge >= 0.3 is 0 Å². The molecule has 7 heteroatoms. The van der Waals surface area contributed by atoms with E-state index in [2.05, 4.69) is 184 Å². The van der Waals surface area contributed by atoms with Crippen LogP contribution in [0.1, 0.15) is 0 Å². The summed E-state index contributed by atoms with van der Waals surface area (Å²) in [6, 6.07) is 61.3. The molecule has 0 saturated heterocycles. The van der Waals surface area contributed by atoms with Crippen LogP contribution in [0.4, 0.5) is 34.3 Å². The highest BCUT2D eigenvalue weighted by atomic mass is 16.5. The molecule has 4 aliphatic rings. The maximum atomic E-state index is 7.03. The molecule has 9 aromatic rings. The van der Waals surface area contributed by atoms with Crippen LogP contribution < -0.4 is 47.4 Å². The highest BCUT2D eigenvalue weighted by molar-refractivity contribution is 7.01. The standard InChI is InChI=1S/C47H28B2N4O/c1-3-14-29(15-4-1)51-37-23-10-8-20-33(37)48-35-28-42-46(50-47(35)52(30-16-5-2-6-17-30)39-25-12-24-38(51)43(39)48)49-34-21-11-19-32-31-18-7-9-22-36(31)53(45(32)34)40-26-13-27-41(54-42)44(40)49/h1-28H. The van der Waals surface area contributed by atoms with E-state index in [1.165, 1.54) is 55.0 Å². The van der Waals surface area contributed by atoms with Gasteiger partial charge < -0.3 is 14.2 Å². The van der Waals surface area contributed by atoms with E-state index in [4.69, 9.17) is 9.72 Å². The molecule has 0 unspecified atom stereocenters. The molecule has 4 aliphatic heterocycles. The average molecular weight is 686 g/mol. The van der Waals surface area contributed by atoms with E-state index in [-0.39, 0.29) is 13.4 Å². The molecule has 248 valence electrons. The van der Waals surface area contributed by atoms with Crippen LogP contribution in [0.2, 0.25) is 0 Å². The maximum Gasteiger partial charge on any atom is 0.279 e. The van der Waals surface area contributed by atoms with Gasteiger partial charge in [0, 0.05) is 50.4 Å². The first-order valence-electron chi connectivity index (χ1n) is 18.6. The number of para-hydroxylation sites is 5. The maximum absolute atomic E-state index is 7.03. The summed E-state index contributed by atoms with van der Waals surface area (Å²) in [5.41, 5.74) is 16.4. The van der Waals surface area contributed by atoms with E-state index in [1.54, 1.807) is 0 Å². The van der Waals surface area contributed by atoms with E-state index >= 15 is 0 Å². The molecule has 5 nitrogen and oxygen atoms in total. The van der Waals surface area contributed by atoms with E-state index in [0.717, 1.165) is 51.1 Å². The Hall–Kier alpha value is -6.98. The quantitative estimate of drug-likeness (QED) is 0.180. The van der Waals surface area contributed by atoms with Gasteiger partial charge in [-0.25, -0.2) is 4.98 Å². The molecule has 7 aromatic carbocycles. The molecule has 0 fully saturated rings. The molecule has 0 amide bonds. The molecule has 6 heterocycles. The van der Waals surface area contributed by atoms with Crippen molar-refractivity contribution >= 4 is 102 Å². The van der Waals surface area contributed by atoms with Crippen LogP contribution in [0.25, 0.3) is 27.5 Å². The second kappa shape index (κ2) is 10.3. The minimum Gasteiger partial charge on any atom is -0.457 e. The van der Waals surface area contributed by atoms with Crippen LogP contribution >= 0.6 is 0 Å². The van der Waals surface area contributed by atoms with Crippen LogP contribution in [0.3, 0.4) is 0 Å². The molecule has 0 aliphatic carbocycles. The third kappa shape index (κ3) is 3.54. The van der Waals surface area contributed by atoms with Crippen LogP contribution in [0, 0.1) is 0 Å². The fourth-order valence-corrected chi connectivity index (χ4v) is 9.96. The molecular weight excluding hydrogens is 658 g/mol. The minimum absolute atomic E-state index is 0.0474. The summed E-state index contributed by atoms with van der Waals surface area (Å²) in [7, 11) is 0. The van der Waals surface area contributed by atoms with Crippen LogP contribution in [0.15, 0.2) is 170 Å². The van der Waals surface area contributed by atoms with Gasteiger partial charge in [0.05, 0.1) is 11.1 Å². The van der Waals surface area contributed by atoms with Gasteiger partial charge in [0.25, 0.3) is 13.4 Å². The Morgan fingerprint density at radius 2 is 1.07 bits per heavy atom. The summed E-state index contributed by atoms with van der Waals surface area (Å²) >= 11 is 0. The molecule has 0 spiro atoms. The van der Waals surface area contributed by atoms with Gasteiger partial charge in [0.1, 0.15) is 17.3 Å². The second-order valence-electron chi connectivity index (χ2n) is 14.6. The van der Waals surface area contributed by atoms with Crippen molar-refractivity contribution in [1.82, 2.24) is 9.55 Å². The first-order chi connectivity index (χ1) is 26.8. The average Bonchev–Trinajstić information content (AvgIpc) is 3.57. The van der Waals surface area contributed by atoms with Gasteiger partial charge in [-0.2, -0.15) is 0 Å². The highest BCUT2D eigenvalue weighted by Crippen LogP contribution is 2.44. The largest absolute Gasteiger partial charge is 0.457 e. The zero-order valence-electron chi connectivity index (χ0n) is 29.0. The van der Waals surface area contributed by atoms with Crippen LogP contribution in [-0.4, -0.2) is 23.0 Å². The minimum atomic E-state index is -0.0941. The second-order valence-corrected chi connectivity index (χ2v) is 14.6. The molecule has 54 heavy (non-hydrogen) atoms. The fraction of sp³-hybridized carbons (Fsp3) is 0. The Morgan fingerprint density at radius 3 is 1.93 bits per heavy atom. The van der Waals surface area contributed by atoms with E-state index in [1.807, 2.05) is 0 Å². The van der Waals surface area contributed by atoms with Gasteiger partial charge in [0.2, 0.25) is 0 Å². The van der Waals surface area contributed by atoms with Crippen molar-refractivity contribution in [2.45, 2.75) is 0 Å². The smallest absolute Gasteiger partial charge is 0.279 e. The number of fused-ring (bicyclic) bond motifs is 11. The van der Waals surface area contributed by atoms with Gasteiger partial charge in [-0.15, -0.1) is 0 Å². The zero-order chi connectivity index (χ0) is 35.1. The normalized spacial score (nSPS) is 13.9. The van der Waals surface area contributed by atoms with Gasteiger partial charge in [-0.05, 0) is 94.0 Å². The lowest BCUT2D eigenvalue weighted by molar-refractivity contribution is 0.486. The molecule has 0 atom stereocenters. The number of nitrogens with zero attached hydrogens (tertiary/aromatic N) is 4. The number of benzene rings is 7. The third-order valence-corrected chi connectivity index (χ3v) is 12.0. The number of pyridine rings is 1. The monoisotopic (exact) mass is 686 g/mol. The predicted octanol–water partition coefficient (Wildman–Crippen LogP) is 7.20. The number of anilines is 6. The van der Waals surface area contributed by atoms with E-state index < -0.39 is 0 Å². The summed E-state index contributed by atoms with van der Waals surface area (Å²) in [6.07, 6.45) is 0. The molecule has 2 aromatic heterocycles. The highest BCUT2D eigenvalue weighted by Gasteiger charge is 2.47. The Bertz CT molecular complexity index is 3070. The van der Waals surface area contributed by atoms with Crippen molar-refractivity contribution in [1.29, 1.82) is 0 Å². The van der Waals surface area contributed by atoms with Gasteiger partial charge in [-0.1, -0.05) is 103 Å². The van der Waals surface area contributed by atoms with Crippen molar-refractivity contribution in [3.63, 3.8) is 0 Å². The Labute approximate surface area is 312 Å². The summed E-state index contributed by atoms with van der Waals surface area (Å²) in [4.78, 5) is 10.6. The lowest BCUT2D eigenvalue weighted by Crippen LogP contribution is -2.64. The lowest BCUT2D eigenvalue weighted by atomic mass is 9.33. The summed E-state index contributed by atoms with van der Waals surface area (Å²) in [5, 5.41) is 2.52. The Morgan fingerprint density at radius 1 is 0.444 bits per heavy atom. The van der Waals surface area contributed by atoms with Crippen molar-refractivity contribution in [3.8, 4) is 17.2 Å². The Balaban J connectivity index is 1.12. The van der Waals surface area contributed by atoms with Crippen LogP contribution in [0.5, 0.6) is 11.5 Å². The van der Waals surface area contributed by atoms with E-state index in [9.17, 15) is 0 Å². The molecular formula is C47H28B2N4O. The first-order valence-corrected chi connectivity index (χ1v) is 18.6. The SMILES string of the molecule is c1ccc(N2c3ccccc3B3c4cc5c(nc4N(c4ccccc4)c4cccc2c43)B2c3c(cccc3-n3c4ccccc4c4cccc2c43)O5)cc1. The van der Waals surface area contributed by atoms with Crippen molar-refractivity contribution in [2.24, 2.45) is 0 Å². The summed E-state index contributed by atoms with van der Waals surface area (Å²) < 4.78 is 9.47. The molecule has 13 rings (SSSR count). The molecule has 0 N–H and O–H groups in total. The number of hydrogen-bond donors (Lipinski definition) is 0. The fourth-order valence-electron chi connectivity index (χ4n) is 9.96. The summed E-state index contributed by atoms with van der Waals surface area (Å²) in [5.74, 6) is 2.66. The zero-order valence-corrected chi connectivity index (χ0v) is 29.0.